The van der Waals surface area contributed by atoms with E-state index in [2.05, 4.69) is 89.8 Å². The molecule has 0 spiro atoms. The predicted octanol–water partition coefficient (Wildman–Crippen LogP) is 11.8. The number of para-hydroxylation sites is 5. The van der Waals surface area contributed by atoms with Crippen LogP contribution in [0.25, 0.3) is 45.3 Å². The summed E-state index contributed by atoms with van der Waals surface area (Å²) in [6.45, 7) is 0. The zero-order valence-electron chi connectivity index (χ0n) is 27.2. The summed E-state index contributed by atoms with van der Waals surface area (Å²) in [6.07, 6.45) is 0. The molecule has 0 fully saturated rings. The van der Waals surface area contributed by atoms with E-state index < -0.39 is 0 Å². The van der Waals surface area contributed by atoms with Crippen molar-refractivity contribution in [2.45, 2.75) is 0 Å². The summed E-state index contributed by atoms with van der Waals surface area (Å²) in [7, 11) is 0. The Balaban J connectivity index is 1.14. The van der Waals surface area contributed by atoms with E-state index >= 15 is 0 Å². The van der Waals surface area contributed by atoms with Crippen molar-refractivity contribution in [1.82, 2.24) is 15.0 Å². The molecule has 1 aromatic heterocycles. The smallest absolute Gasteiger partial charge is 0.164 e. The number of ether oxygens (including phenoxy) is 1. The Hall–Kier alpha value is -6.85. The summed E-state index contributed by atoms with van der Waals surface area (Å²) in [5.41, 5.74) is 7.80. The second-order valence-electron chi connectivity index (χ2n) is 11.7. The van der Waals surface area contributed by atoms with Gasteiger partial charge in [0, 0.05) is 33.6 Å². The SMILES string of the molecule is c1ccc(-c2nc(-c3ccccc3)nc(-c3ccc(-c4ccccc4Oc4ccccc4N(c4ccccc4)c4ccccc4)cc3)n2)cc1. The summed E-state index contributed by atoms with van der Waals surface area (Å²) in [5.74, 6) is 3.39. The quantitative estimate of drug-likeness (QED) is 0.156. The fraction of sp³-hybridized carbons (Fsp3) is 0. The lowest BCUT2D eigenvalue weighted by Crippen LogP contribution is -2.10. The van der Waals surface area contributed by atoms with Gasteiger partial charge in [-0.05, 0) is 48.0 Å². The van der Waals surface area contributed by atoms with Gasteiger partial charge < -0.3 is 9.64 Å². The monoisotopic (exact) mass is 644 g/mol. The highest BCUT2D eigenvalue weighted by molar-refractivity contribution is 5.81. The third-order valence-corrected chi connectivity index (χ3v) is 8.40. The number of hydrogen-bond donors (Lipinski definition) is 0. The van der Waals surface area contributed by atoms with Gasteiger partial charge in [-0.3, -0.25) is 0 Å². The molecule has 0 amide bonds. The Morgan fingerprint density at radius 3 is 1.22 bits per heavy atom. The third kappa shape index (κ3) is 6.48. The molecule has 7 aromatic carbocycles. The summed E-state index contributed by atoms with van der Waals surface area (Å²) in [4.78, 5) is 16.8. The lowest BCUT2D eigenvalue weighted by molar-refractivity contribution is 0.485. The van der Waals surface area contributed by atoms with Crippen LogP contribution in [0.15, 0.2) is 194 Å². The van der Waals surface area contributed by atoms with Gasteiger partial charge in [0.2, 0.25) is 0 Å². The third-order valence-electron chi connectivity index (χ3n) is 8.40. The molecule has 8 aromatic rings. The van der Waals surface area contributed by atoms with E-state index in [1.54, 1.807) is 0 Å². The molecule has 238 valence electrons. The van der Waals surface area contributed by atoms with Crippen molar-refractivity contribution in [3.05, 3.63) is 194 Å². The first-order chi connectivity index (χ1) is 24.8. The zero-order chi connectivity index (χ0) is 33.5. The van der Waals surface area contributed by atoms with Crippen molar-refractivity contribution in [3.8, 4) is 56.8 Å². The number of nitrogens with zero attached hydrogens (tertiary/aromatic N) is 4. The van der Waals surface area contributed by atoms with Crippen LogP contribution >= 0.6 is 0 Å². The van der Waals surface area contributed by atoms with Gasteiger partial charge in [0.25, 0.3) is 0 Å². The Labute approximate surface area is 291 Å². The maximum Gasteiger partial charge on any atom is 0.164 e. The number of aromatic nitrogens is 3. The first-order valence-electron chi connectivity index (χ1n) is 16.5. The normalized spacial score (nSPS) is 10.8. The molecule has 5 nitrogen and oxygen atoms in total. The molecule has 1 heterocycles. The molecular weight excluding hydrogens is 613 g/mol. The van der Waals surface area contributed by atoms with Gasteiger partial charge >= 0.3 is 0 Å². The van der Waals surface area contributed by atoms with Crippen molar-refractivity contribution in [3.63, 3.8) is 0 Å². The van der Waals surface area contributed by atoms with E-state index in [9.17, 15) is 0 Å². The van der Waals surface area contributed by atoms with E-state index in [4.69, 9.17) is 19.7 Å². The molecule has 0 saturated carbocycles. The highest BCUT2D eigenvalue weighted by Crippen LogP contribution is 2.43. The fourth-order valence-corrected chi connectivity index (χ4v) is 5.96. The van der Waals surface area contributed by atoms with Crippen molar-refractivity contribution in [2.75, 3.05) is 4.90 Å². The Morgan fingerprint density at radius 1 is 0.320 bits per heavy atom. The van der Waals surface area contributed by atoms with E-state index in [0.29, 0.717) is 17.5 Å². The van der Waals surface area contributed by atoms with Crippen LogP contribution in [0.3, 0.4) is 0 Å². The number of benzene rings is 7. The maximum absolute atomic E-state index is 6.79. The lowest BCUT2D eigenvalue weighted by atomic mass is 10.0. The summed E-state index contributed by atoms with van der Waals surface area (Å²) in [5, 5.41) is 0. The Morgan fingerprint density at radius 2 is 0.700 bits per heavy atom. The van der Waals surface area contributed by atoms with Crippen LogP contribution in [-0.2, 0) is 0 Å². The molecular formula is C45H32N4O. The molecule has 0 atom stereocenters. The lowest BCUT2D eigenvalue weighted by Gasteiger charge is -2.27. The number of anilines is 3. The van der Waals surface area contributed by atoms with Crippen LogP contribution in [0.1, 0.15) is 0 Å². The summed E-state index contributed by atoms with van der Waals surface area (Å²) >= 11 is 0. The average Bonchev–Trinajstić information content (AvgIpc) is 3.20. The summed E-state index contributed by atoms with van der Waals surface area (Å²) in [6, 6.07) is 65.3. The van der Waals surface area contributed by atoms with Crippen LogP contribution in [0, 0.1) is 0 Å². The highest BCUT2D eigenvalue weighted by atomic mass is 16.5. The fourth-order valence-electron chi connectivity index (χ4n) is 5.96. The van der Waals surface area contributed by atoms with Gasteiger partial charge in [-0.25, -0.2) is 15.0 Å². The van der Waals surface area contributed by atoms with Gasteiger partial charge in [-0.2, -0.15) is 0 Å². The maximum atomic E-state index is 6.79. The minimum Gasteiger partial charge on any atom is -0.455 e. The van der Waals surface area contributed by atoms with Crippen LogP contribution in [0.2, 0.25) is 0 Å². The first kappa shape index (κ1) is 30.5. The molecule has 50 heavy (non-hydrogen) atoms. The Kier molecular flexibility index (Phi) is 8.60. The molecule has 0 saturated heterocycles. The van der Waals surface area contributed by atoms with Crippen molar-refractivity contribution >= 4 is 17.1 Å². The second-order valence-corrected chi connectivity index (χ2v) is 11.7. The molecule has 8 rings (SSSR count). The van der Waals surface area contributed by atoms with Crippen LogP contribution in [0.4, 0.5) is 17.1 Å². The highest BCUT2D eigenvalue weighted by Gasteiger charge is 2.18. The molecule has 0 aliphatic heterocycles. The van der Waals surface area contributed by atoms with Gasteiger partial charge in [0.15, 0.2) is 23.2 Å². The minimum absolute atomic E-state index is 0.615. The molecule has 5 heteroatoms. The van der Waals surface area contributed by atoms with E-state index in [1.165, 1.54) is 0 Å². The van der Waals surface area contributed by atoms with Gasteiger partial charge in [0.1, 0.15) is 5.75 Å². The topological polar surface area (TPSA) is 51.1 Å². The average molecular weight is 645 g/mol. The first-order valence-corrected chi connectivity index (χ1v) is 16.5. The number of hydrogen-bond acceptors (Lipinski definition) is 5. The summed E-state index contributed by atoms with van der Waals surface area (Å²) < 4.78 is 6.79. The van der Waals surface area contributed by atoms with Crippen LogP contribution in [0.5, 0.6) is 11.5 Å². The van der Waals surface area contributed by atoms with E-state index in [1.807, 2.05) is 109 Å². The minimum atomic E-state index is 0.615. The standard InChI is InChI=1S/C45H32N4O/c1-5-17-34(18-6-1)43-46-44(35-19-7-2-8-20-35)48-45(47-43)36-31-29-33(30-32-36)39-25-13-15-27-41(39)50-42-28-16-14-26-40(42)49(37-21-9-3-10-22-37)38-23-11-4-12-24-38/h1-32H. The largest absolute Gasteiger partial charge is 0.455 e. The Bertz CT molecular complexity index is 2230. The van der Waals surface area contributed by atoms with Crippen LogP contribution in [-0.4, -0.2) is 15.0 Å². The molecule has 0 unspecified atom stereocenters. The molecule has 0 N–H and O–H groups in total. The second kappa shape index (κ2) is 14.1. The predicted molar refractivity (Wildman–Crippen MR) is 203 cm³/mol. The van der Waals surface area contributed by atoms with Crippen molar-refractivity contribution < 1.29 is 4.74 Å². The van der Waals surface area contributed by atoms with Crippen molar-refractivity contribution in [2.24, 2.45) is 0 Å². The molecule has 0 bridgehead atoms. The van der Waals surface area contributed by atoms with E-state index in [-0.39, 0.29) is 0 Å². The molecule has 0 aliphatic rings. The van der Waals surface area contributed by atoms with Gasteiger partial charge in [-0.15, -0.1) is 0 Å². The number of rotatable bonds is 9. The molecule has 0 radical (unpaired) electrons. The van der Waals surface area contributed by atoms with Crippen molar-refractivity contribution in [1.29, 1.82) is 0 Å². The van der Waals surface area contributed by atoms with E-state index in [0.717, 1.165) is 56.4 Å². The zero-order valence-corrected chi connectivity index (χ0v) is 27.2. The van der Waals surface area contributed by atoms with Crippen LogP contribution < -0.4 is 9.64 Å². The van der Waals surface area contributed by atoms with Gasteiger partial charge in [0.05, 0.1) is 5.69 Å². The molecule has 0 aliphatic carbocycles. The van der Waals surface area contributed by atoms with Gasteiger partial charge in [-0.1, -0.05) is 152 Å².